The number of thiocarbonyl (C=S) groups is 1. The molecular formula is C25H25ClN2O7S. The summed E-state index contributed by atoms with van der Waals surface area (Å²) in [5, 5.41) is 6.64. The number of carbonyl (C=O) groups is 3. The molecule has 0 spiro atoms. The van der Waals surface area contributed by atoms with E-state index in [1.54, 1.807) is 49.4 Å². The number of ether oxygens (including phenoxy) is 4. The van der Waals surface area contributed by atoms with Crippen LogP contribution in [0.5, 0.6) is 0 Å². The van der Waals surface area contributed by atoms with E-state index < -0.39 is 24.1 Å². The van der Waals surface area contributed by atoms with Crippen molar-refractivity contribution < 1.29 is 33.3 Å². The van der Waals surface area contributed by atoms with E-state index in [1.165, 1.54) is 0 Å². The van der Waals surface area contributed by atoms with Gasteiger partial charge in [0.1, 0.15) is 19.8 Å². The Morgan fingerprint density at radius 2 is 1.64 bits per heavy atom. The van der Waals surface area contributed by atoms with Crippen molar-refractivity contribution in [3.05, 3.63) is 82.0 Å². The van der Waals surface area contributed by atoms with Crippen LogP contribution in [0.3, 0.4) is 0 Å². The minimum absolute atomic E-state index is 0.137. The molecule has 2 N–H and O–H groups in total. The maximum atomic E-state index is 12.8. The fraction of sp³-hybridized carbons (Fsp3) is 0.280. The third kappa shape index (κ3) is 8.24. The summed E-state index contributed by atoms with van der Waals surface area (Å²) in [6.45, 7) is 1.25. The van der Waals surface area contributed by atoms with Gasteiger partial charge in [0, 0.05) is 17.1 Å². The Balaban J connectivity index is 1.44. The largest absolute Gasteiger partial charge is 0.508 e. The first-order valence-corrected chi connectivity index (χ1v) is 11.8. The van der Waals surface area contributed by atoms with Crippen LogP contribution in [0, 0.1) is 0 Å². The van der Waals surface area contributed by atoms with E-state index in [0.717, 1.165) is 5.56 Å². The zero-order valence-corrected chi connectivity index (χ0v) is 21.0. The van der Waals surface area contributed by atoms with Gasteiger partial charge in [-0.05, 0) is 49.0 Å². The van der Waals surface area contributed by atoms with Gasteiger partial charge in [-0.2, -0.15) is 0 Å². The lowest BCUT2D eigenvalue weighted by Gasteiger charge is -2.29. The van der Waals surface area contributed by atoms with Crippen molar-refractivity contribution in [2.24, 2.45) is 0 Å². The third-order valence-electron chi connectivity index (χ3n) is 5.01. The molecule has 2 aromatic carbocycles. The van der Waals surface area contributed by atoms with Gasteiger partial charge in [0.25, 0.3) is 0 Å². The monoisotopic (exact) mass is 532 g/mol. The van der Waals surface area contributed by atoms with Gasteiger partial charge in [-0.15, -0.1) is 0 Å². The molecule has 0 fully saturated rings. The van der Waals surface area contributed by atoms with Crippen LogP contribution in [0.1, 0.15) is 22.8 Å². The molecule has 36 heavy (non-hydrogen) atoms. The van der Waals surface area contributed by atoms with Gasteiger partial charge in [0.05, 0.1) is 23.8 Å². The second-order valence-corrected chi connectivity index (χ2v) is 8.46. The van der Waals surface area contributed by atoms with Gasteiger partial charge in [-0.1, -0.05) is 41.9 Å². The highest BCUT2D eigenvalue weighted by molar-refractivity contribution is 7.80. The maximum absolute atomic E-state index is 12.8. The Morgan fingerprint density at radius 1 is 0.917 bits per heavy atom. The van der Waals surface area contributed by atoms with Crippen LogP contribution < -0.4 is 10.6 Å². The molecule has 0 amide bonds. The van der Waals surface area contributed by atoms with Gasteiger partial charge in [-0.25, -0.2) is 14.4 Å². The fourth-order valence-corrected chi connectivity index (χ4v) is 3.84. The Bertz CT molecular complexity index is 1140. The van der Waals surface area contributed by atoms with Gasteiger partial charge in [0.2, 0.25) is 0 Å². The predicted molar refractivity (Wildman–Crippen MR) is 135 cm³/mol. The summed E-state index contributed by atoms with van der Waals surface area (Å²) in [6.07, 6.45) is -0.497. The molecule has 0 radical (unpaired) electrons. The number of halogens is 1. The minimum atomic E-state index is -0.983. The SMILES string of the molecule is CC1=C(C(=O)OCCc2cccc(Cl)c2)C(COC(=O)OCCOC(=O)c2ccccc2)NC(=S)N1. The van der Waals surface area contributed by atoms with Crippen LogP contribution in [-0.4, -0.2) is 55.7 Å². The predicted octanol–water partition coefficient (Wildman–Crippen LogP) is 3.56. The van der Waals surface area contributed by atoms with Crippen molar-refractivity contribution in [1.82, 2.24) is 10.6 Å². The standard InChI is InChI=1S/C25H25ClN2O7S/c1-16-21(23(30)32-11-10-17-6-5-9-19(26)14-17)20(28-24(36)27-16)15-35-25(31)34-13-12-33-22(29)18-7-3-2-4-8-18/h2-9,14,20H,10-13,15H2,1H3,(H2,27,28,36). The van der Waals surface area contributed by atoms with E-state index in [-0.39, 0.29) is 37.1 Å². The normalized spacial score (nSPS) is 14.8. The van der Waals surface area contributed by atoms with Crippen LogP contribution in [0.15, 0.2) is 65.9 Å². The number of hydrogen-bond acceptors (Lipinski definition) is 8. The second kappa shape index (κ2) is 13.5. The smallest absolute Gasteiger partial charge is 0.462 e. The number of nitrogens with one attached hydrogen (secondary N) is 2. The average molecular weight is 533 g/mol. The molecular weight excluding hydrogens is 508 g/mol. The first-order chi connectivity index (χ1) is 17.3. The van der Waals surface area contributed by atoms with E-state index in [9.17, 15) is 14.4 Å². The summed E-state index contributed by atoms with van der Waals surface area (Å²) >= 11 is 11.1. The number of esters is 2. The van der Waals surface area contributed by atoms with Gasteiger partial charge >= 0.3 is 18.1 Å². The van der Waals surface area contributed by atoms with E-state index in [1.807, 2.05) is 12.1 Å². The molecule has 0 aromatic heterocycles. The molecule has 1 unspecified atom stereocenters. The molecule has 1 aliphatic heterocycles. The van der Waals surface area contributed by atoms with E-state index in [2.05, 4.69) is 10.6 Å². The summed E-state index contributed by atoms with van der Waals surface area (Å²) in [6, 6.07) is 15.0. The Labute approximate surface area is 218 Å². The zero-order valence-electron chi connectivity index (χ0n) is 19.5. The lowest BCUT2D eigenvalue weighted by Crippen LogP contribution is -2.52. The molecule has 1 heterocycles. The van der Waals surface area contributed by atoms with Gasteiger partial charge < -0.3 is 29.6 Å². The molecule has 0 saturated carbocycles. The Morgan fingerprint density at radius 3 is 2.39 bits per heavy atom. The van der Waals surface area contributed by atoms with Crippen molar-refractivity contribution in [3.8, 4) is 0 Å². The van der Waals surface area contributed by atoms with Crippen LogP contribution >= 0.6 is 23.8 Å². The van der Waals surface area contributed by atoms with Crippen LogP contribution in [0.2, 0.25) is 5.02 Å². The molecule has 1 aliphatic rings. The zero-order chi connectivity index (χ0) is 25.9. The van der Waals surface area contributed by atoms with Gasteiger partial charge in [0.15, 0.2) is 5.11 Å². The third-order valence-corrected chi connectivity index (χ3v) is 5.46. The fourth-order valence-electron chi connectivity index (χ4n) is 3.33. The van der Waals surface area contributed by atoms with E-state index in [0.29, 0.717) is 22.7 Å². The number of hydrogen-bond donors (Lipinski definition) is 2. The lowest BCUT2D eigenvalue weighted by molar-refractivity contribution is -0.139. The highest BCUT2D eigenvalue weighted by Gasteiger charge is 2.31. The highest BCUT2D eigenvalue weighted by Crippen LogP contribution is 2.16. The van der Waals surface area contributed by atoms with Crippen molar-refractivity contribution in [1.29, 1.82) is 0 Å². The van der Waals surface area contributed by atoms with Crippen LogP contribution in [0.4, 0.5) is 4.79 Å². The van der Waals surface area contributed by atoms with E-state index >= 15 is 0 Å². The molecule has 0 bridgehead atoms. The first-order valence-electron chi connectivity index (χ1n) is 11.0. The average Bonchev–Trinajstić information content (AvgIpc) is 2.85. The number of carbonyl (C=O) groups excluding carboxylic acids is 3. The summed E-state index contributed by atoms with van der Waals surface area (Å²) in [4.78, 5) is 36.6. The summed E-state index contributed by atoms with van der Waals surface area (Å²) in [7, 11) is 0. The molecule has 2 aromatic rings. The molecule has 1 atom stereocenters. The highest BCUT2D eigenvalue weighted by atomic mass is 35.5. The van der Waals surface area contributed by atoms with Crippen molar-refractivity contribution in [2.75, 3.05) is 26.4 Å². The summed E-state index contributed by atoms with van der Waals surface area (Å²) in [5.74, 6) is -1.11. The molecule has 190 valence electrons. The van der Waals surface area contributed by atoms with Crippen molar-refractivity contribution in [3.63, 3.8) is 0 Å². The Hall–Kier alpha value is -3.63. The minimum Gasteiger partial charge on any atom is -0.462 e. The van der Waals surface area contributed by atoms with Crippen molar-refractivity contribution >= 4 is 47.0 Å². The summed E-state index contributed by atoms with van der Waals surface area (Å²) in [5.41, 5.74) is 2.06. The van der Waals surface area contributed by atoms with Gasteiger partial charge in [-0.3, -0.25) is 0 Å². The molecule has 11 heteroatoms. The topological polar surface area (TPSA) is 112 Å². The van der Waals surface area contributed by atoms with E-state index in [4.69, 9.17) is 42.8 Å². The van der Waals surface area contributed by atoms with Crippen LogP contribution in [0.25, 0.3) is 0 Å². The second-order valence-electron chi connectivity index (χ2n) is 7.62. The Kier molecular flexibility index (Phi) is 10.1. The molecule has 9 nitrogen and oxygen atoms in total. The van der Waals surface area contributed by atoms with Crippen LogP contribution in [-0.2, 0) is 30.2 Å². The summed E-state index contributed by atoms with van der Waals surface area (Å²) < 4.78 is 20.5. The lowest BCUT2D eigenvalue weighted by atomic mass is 10.0. The number of rotatable bonds is 10. The number of benzene rings is 2. The maximum Gasteiger partial charge on any atom is 0.508 e. The molecule has 3 rings (SSSR count). The molecule has 0 saturated heterocycles. The first kappa shape index (κ1) is 27.0. The quantitative estimate of drug-likeness (QED) is 0.204. The molecule has 0 aliphatic carbocycles. The number of allylic oxidation sites excluding steroid dienone is 1. The van der Waals surface area contributed by atoms with Crippen molar-refractivity contribution in [2.45, 2.75) is 19.4 Å².